The second kappa shape index (κ2) is 5.44. The molecule has 2 rings (SSSR count). The topological polar surface area (TPSA) is 66.3 Å². The Hall–Kier alpha value is -1.49. The number of hydrogen-bond donors (Lipinski definition) is 1. The molecule has 0 saturated carbocycles. The fourth-order valence-corrected chi connectivity index (χ4v) is 2.62. The highest BCUT2D eigenvalue weighted by Crippen LogP contribution is 2.34. The van der Waals surface area contributed by atoms with Crippen molar-refractivity contribution in [1.29, 1.82) is 0 Å². The van der Waals surface area contributed by atoms with Gasteiger partial charge in [-0.25, -0.2) is 9.97 Å². The summed E-state index contributed by atoms with van der Waals surface area (Å²) in [6.07, 6.45) is 5.65. The van der Waals surface area contributed by atoms with Crippen molar-refractivity contribution in [2.45, 2.75) is 32.7 Å². The van der Waals surface area contributed by atoms with Crippen molar-refractivity contribution in [2.24, 2.45) is 5.41 Å². The van der Waals surface area contributed by atoms with Crippen LogP contribution in [0.3, 0.4) is 0 Å². The van der Waals surface area contributed by atoms with E-state index in [0.29, 0.717) is 19.5 Å². The predicted octanol–water partition coefficient (Wildman–Crippen LogP) is 1.55. The van der Waals surface area contributed by atoms with Crippen molar-refractivity contribution in [3.8, 4) is 0 Å². The molecule has 1 saturated heterocycles. The Balaban J connectivity index is 2.05. The van der Waals surface area contributed by atoms with Gasteiger partial charge < -0.3 is 5.11 Å². The number of piperidine rings is 1. The van der Waals surface area contributed by atoms with E-state index in [-0.39, 0.29) is 0 Å². The summed E-state index contributed by atoms with van der Waals surface area (Å²) in [6, 6.07) is 1.88. The molecule has 1 aromatic rings. The molecule has 1 aromatic heterocycles. The first-order valence-electron chi connectivity index (χ1n) is 6.37. The first kappa shape index (κ1) is 13.0. The van der Waals surface area contributed by atoms with Crippen LogP contribution >= 0.6 is 0 Å². The van der Waals surface area contributed by atoms with Crippen molar-refractivity contribution < 1.29 is 9.90 Å². The van der Waals surface area contributed by atoms with Crippen LogP contribution in [-0.4, -0.2) is 39.0 Å². The summed E-state index contributed by atoms with van der Waals surface area (Å²) in [4.78, 5) is 21.7. The lowest BCUT2D eigenvalue weighted by Crippen LogP contribution is -2.47. The van der Waals surface area contributed by atoms with Gasteiger partial charge in [-0.1, -0.05) is 6.92 Å². The third kappa shape index (κ3) is 2.67. The van der Waals surface area contributed by atoms with E-state index in [2.05, 4.69) is 14.9 Å². The number of aliphatic carboxylic acids is 1. The standard InChI is InChI=1S/C13H19N3O2/c1-2-13(12(17)18)5-3-7-16(9-13)8-11-4-6-14-10-15-11/h4,6,10H,2-3,5,7-9H2,1H3,(H,17,18). The second-order valence-electron chi connectivity index (χ2n) is 4.95. The lowest BCUT2D eigenvalue weighted by atomic mass is 9.77. The van der Waals surface area contributed by atoms with E-state index in [1.165, 1.54) is 6.33 Å². The highest BCUT2D eigenvalue weighted by Gasteiger charge is 2.40. The molecule has 1 fully saturated rings. The molecule has 98 valence electrons. The zero-order valence-corrected chi connectivity index (χ0v) is 10.7. The molecule has 2 heterocycles. The van der Waals surface area contributed by atoms with E-state index in [1.807, 2.05) is 13.0 Å². The second-order valence-corrected chi connectivity index (χ2v) is 4.95. The molecule has 0 aromatic carbocycles. The number of carbonyl (C=O) groups is 1. The number of nitrogens with zero attached hydrogens (tertiary/aromatic N) is 3. The Morgan fingerprint density at radius 1 is 1.61 bits per heavy atom. The quantitative estimate of drug-likeness (QED) is 0.877. The maximum atomic E-state index is 11.5. The van der Waals surface area contributed by atoms with Crippen molar-refractivity contribution >= 4 is 5.97 Å². The van der Waals surface area contributed by atoms with Gasteiger partial charge in [0.25, 0.3) is 0 Å². The monoisotopic (exact) mass is 249 g/mol. The van der Waals surface area contributed by atoms with Crippen molar-refractivity contribution in [2.75, 3.05) is 13.1 Å². The van der Waals surface area contributed by atoms with Gasteiger partial charge in [-0.3, -0.25) is 9.69 Å². The number of carboxylic acid groups (broad SMARTS) is 1. The highest BCUT2D eigenvalue weighted by molar-refractivity contribution is 5.75. The summed E-state index contributed by atoms with van der Waals surface area (Å²) in [7, 11) is 0. The molecule has 0 spiro atoms. The molecule has 0 bridgehead atoms. The fourth-order valence-electron chi connectivity index (χ4n) is 2.62. The molecule has 5 nitrogen and oxygen atoms in total. The van der Waals surface area contributed by atoms with Crippen LogP contribution in [0.1, 0.15) is 31.9 Å². The molecule has 1 atom stereocenters. The molecule has 1 unspecified atom stereocenters. The molecule has 0 aliphatic carbocycles. The van der Waals surface area contributed by atoms with Gasteiger partial charge in [-0.15, -0.1) is 0 Å². The van der Waals surface area contributed by atoms with E-state index in [4.69, 9.17) is 0 Å². The summed E-state index contributed by atoms with van der Waals surface area (Å²) < 4.78 is 0. The van der Waals surface area contributed by atoms with Crippen LogP contribution in [0.25, 0.3) is 0 Å². The minimum atomic E-state index is -0.669. The first-order chi connectivity index (χ1) is 8.66. The van der Waals surface area contributed by atoms with Crippen LogP contribution in [0.2, 0.25) is 0 Å². The van der Waals surface area contributed by atoms with Gasteiger partial charge >= 0.3 is 5.97 Å². The molecule has 18 heavy (non-hydrogen) atoms. The number of likely N-dealkylation sites (tertiary alicyclic amines) is 1. The van der Waals surface area contributed by atoms with E-state index >= 15 is 0 Å². The minimum Gasteiger partial charge on any atom is -0.481 e. The Morgan fingerprint density at radius 2 is 2.44 bits per heavy atom. The van der Waals surface area contributed by atoms with Gasteiger partial charge in [0.05, 0.1) is 11.1 Å². The Kier molecular flexibility index (Phi) is 3.91. The highest BCUT2D eigenvalue weighted by atomic mass is 16.4. The third-order valence-corrected chi connectivity index (χ3v) is 3.82. The lowest BCUT2D eigenvalue weighted by Gasteiger charge is -2.39. The van der Waals surface area contributed by atoms with Gasteiger partial charge in [-0.05, 0) is 31.9 Å². The largest absolute Gasteiger partial charge is 0.481 e. The van der Waals surface area contributed by atoms with Gasteiger partial charge in [-0.2, -0.15) is 0 Å². The fraction of sp³-hybridized carbons (Fsp3) is 0.615. The van der Waals surface area contributed by atoms with Crippen LogP contribution in [-0.2, 0) is 11.3 Å². The molecular weight excluding hydrogens is 230 g/mol. The summed E-state index contributed by atoms with van der Waals surface area (Å²) >= 11 is 0. The maximum Gasteiger partial charge on any atom is 0.310 e. The Labute approximate surface area is 107 Å². The van der Waals surface area contributed by atoms with E-state index in [0.717, 1.165) is 25.1 Å². The van der Waals surface area contributed by atoms with Gasteiger partial charge in [0, 0.05) is 19.3 Å². The van der Waals surface area contributed by atoms with Crippen LogP contribution in [0, 0.1) is 5.41 Å². The van der Waals surface area contributed by atoms with Crippen LogP contribution in [0.4, 0.5) is 0 Å². The Morgan fingerprint density at radius 3 is 3.06 bits per heavy atom. The van der Waals surface area contributed by atoms with Crippen LogP contribution in [0.5, 0.6) is 0 Å². The molecule has 5 heteroatoms. The summed E-state index contributed by atoms with van der Waals surface area (Å²) in [5, 5.41) is 9.42. The lowest BCUT2D eigenvalue weighted by molar-refractivity contribution is -0.153. The van der Waals surface area contributed by atoms with Gasteiger partial charge in [0.15, 0.2) is 0 Å². The van der Waals surface area contributed by atoms with Crippen LogP contribution < -0.4 is 0 Å². The third-order valence-electron chi connectivity index (χ3n) is 3.82. The summed E-state index contributed by atoms with van der Waals surface area (Å²) in [5.74, 6) is -0.669. The number of aromatic nitrogens is 2. The average Bonchev–Trinajstić information content (AvgIpc) is 2.40. The van der Waals surface area contributed by atoms with E-state index < -0.39 is 11.4 Å². The maximum absolute atomic E-state index is 11.5. The zero-order valence-electron chi connectivity index (χ0n) is 10.7. The van der Waals surface area contributed by atoms with Crippen molar-refractivity contribution in [3.05, 3.63) is 24.3 Å². The predicted molar refractivity (Wildman–Crippen MR) is 66.9 cm³/mol. The van der Waals surface area contributed by atoms with Gasteiger partial charge in [0.1, 0.15) is 6.33 Å². The average molecular weight is 249 g/mol. The number of rotatable bonds is 4. The number of hydrogen-bond acceptors (Lipinski definition) is 4. The van der Waals surface area contributed by atoms with E-state index in [9.17, 15) is 9.90 Å². The normalized spacial score (nSPS) is 24.9. The number of carboxylic acids is 1. The minimum absolute atomic E-state index is 0.578. The SMILES string of the molecule is CCC1(C(=O)O)CCCN(Cc2ccncn2)C1. The van der Waals surface area contributed by atoms with Crippen molar-refractivity contribution in [1.82, 2.24) is 14.9 Å². The molecule has 1 N–H and O–H groups in total. The molecule has 0 radical (unpaired) electrons. The zero-order chi connectivity index (χ0) is 13.0. The van der Waals surface area contributed by atoms with Crippen LogP contribution in [0.15, 0.2) is 18.6 Å². The summed E-state index contributed by atoms with van der Waals surface area (Å²) in [6.45, 7) is 4.22. The molecular formula is C13H19N3O2. The molecule has 0 amide bonds. The van der Waals surface area contributed by atoms with E-state index in [1.54, 1.807) is 6.20 Å². The molecule has 1 aliphatic rings. The summed E-state index contributed by atoms with van der Waals surface area (Å²) in [5.41, 5.74) is 0.368. The Bertz CT molecular complexity index is 410. The first-order valence-corrected chi connectivity index (χ1v) is 6.37. The smallest absolute Gasteiger partial charge is 0.310 e. The molecule has 1 aliphatic heterocycles. The van der Waals surface area contributed by atoms with Crippen molar-refractivity contribution in [3.63, 3.8) is 0 Å². The van der Waals surface area contributed by atoms with Gasteiger partial charge in [0.2, 0.25) is 0 Å².